The minimum atomic E-state index is -1.97. The van der Waals surface area contributed by atoms with Gasteiger partial charge < -0.3 is 29.5 Å². The van der Waals surface area contributed by atoms with E-state index in [0.717, 1.165) is 5.56 Å². The normalized spacial score (nSPS) is 38.6. The Morgan fingerprint density at radius 1 is 1.12 bits per heavy atom. The van der Waals surface area contributed by atoms with Crippen LogP contribution in [0.25, 0.3) is 6.08 Å². The van der Waals surface area contributed by atoms with Crippen molar-refractivity contribution in [2.45, 2.75) is 63.9 Å². The molecule has 0 bridgehead atoms. The van der Waals surface area contributed by atoms with Gasteiger partial charge in [-0.3, -0.25) is 9.59 Å². The number of ether oxygens (including phenoxy) is 3. The molecule has 0 radical (unpaired) electrons. The van der Waals surface area contributed by atoms with Crippen LogP contribution < -0.4 is 4.74 Å². The fourth-order valence-electron chi connectivity index (χ4n) is 8.11. The van der Waals surface area contributed by atoms with Crippen LogP contribution in [0.1, 0.15) is 46.6 Å². The standard InChI is InChI=1S/C32H38O9/c1-17-13-24-30(37,27(17)36)15-21(16-33)14-23-26-29(4,5)32(26,41-19(3)34)28(18(2)31(23,24)38)40-25(35)12-9-20-7-10-22(39-6)11-8-20/h7-14,18,23-24,26,28,33,37-38H,15-16H2,1-6H3/b12-9+/t18-,23+,24-,26-,28-,30-,31-,32-/m1/s1. The van der Waals surface area contributed by atoms with Crippen LogP contribution in [-0.4, -0.2) is 69.7 Å². The average molecular weight is 567 g/mol. The molecule has 4 aliphatic carbocycles. The molecule has 0 unspecified atom stereocenters. The summed E-state index contributed by atoms with van der Waals surface area (Å²) in [5, 5.41) is 34.7. The molecule has 0 spiro atoms. The molecule has 9 heteroatoms. The van der Waals surface area contributed by atoms with Crippen LogP contribution in [0.3, 0.4) is 0 Å². The van der Waals surface area contributed by atoms with Gasteiger partial charge in [0.25, 0.3) is 0 Å². The minimum Gasteiger partial charge on any atom is -0.497 e. The number of benzene rings is 1. The molecule has 0 amide bonds. The smallest absolute Gasteiger partial charge is 0.331 e. The first kappa shape index (κ1) is 29.2. The number of hydrogen-bond acceptors (Lipinski definition) is 9. The lowest BCUT2D eigenvalue weighted by atomic mass is 9.59. The second-order valence-corrected chi connectivity index (χ2v) is 12.5. The molecule has 3 N–H and O–H groups in total. The van der Waals surface area contributed by atoms with E-state index in [0.29, 0.717) is 16.9 Å². The van der Waals surface area contributed by atoms with Crippen LogP contribution in [-0.2, 0) is 23.9 Å². The number of carbonyl (C=O) groups excluding carboxylic acids is 3. The first-order valence-corrected chi connectivity index (χ1v) is 13.9. The van der Waals surface area contributed by atoms with E-state index in [2.05, 4.69) is 0 Å². The number of fused-ring (bicyclic) bond motifs is 5. The molecule has 5 rings (SSSR count). The molecule has 0 heterocycles. The zero-order chi connectivity index (χ0) is 30.1. The molecular weight excluding hydrogens is 528 g/mol. The van der Waals surface area contributed by atoms with Crippen molar-refractivity contribution in [3.8, 4) is 5.75 Å². The molecule has 2 saturated carbocycles. The van der Waals surface area contributed by atoms with Gasteiger partial charge in [-0.2, -0.15) is 0 Å². The quantitative estimate of drug-likeness (QED) is 0.269. The van der Waals surface area contributed by atoms with Crippen LogP contribution in [0.4, 0.5) is 0 Å². The highest BCUT2D eigenvalue weighted by molar-refractivity contribution is 6.04. The Labute approximate surface area is 239 Å². The molecule has 4 aliphatic rings. The third-order valence-electron chi connectivity index (χ3n) is 10.0. The lowest BCUT2D eigenvalue weighted by Gasteiger charge is -2.53. The van der Waals surface area contributed by atoms with Gasteiger partial charge in [-0.25, -0.2) is 4.79 Å². The van der Waals surface area contributed by atoms with Gasteiger partial charge >= 0.3 is 11.9 Å². The van der Waals surface area contributed by atoms with Crippen molar-refractivity contribution in [2.75, 3.05) is 13.7 Å². The topological polar surface area (TPSA) is 140 Å². The highest BCUT2D eigenvalue weighted by atomic mass is 16.6. The summed E-state index contributed by atoms with van der Waals surface area (Å²) >= 11 is 0. The Bertz CT molecular complexity index is 1370. The second-order valence-electron chi connectivity index (χ2n) is 12.5. The highest BCUT2D eigenvalue weighted by Gasteiger charge is 2.87. The number of aliphatic hydroxyl groups excluding tert-OH is 1. The fraction of sp³-hybridized carbons (Fsp3) is 0.531. The van der Waals surface area contributed by atoms with E-state index in [1.54, 1.807) is 63.5 Å². The van der Waals surface area contributed by atoms with Crippen molar-refractivity contribution in [2.24, 2.45) is 29.1 Å². The van der Waals surface area contributed by atoms with Crippen LogP contribution >= 0.6 is 0 Å². The van der Waals surface area contributed by atoms with E-state index in [9.17, 15) is 29.7 Å². The van der Waals surface area contributed by atoms with Gasteiger partial charge in [-0.05, 0) is 41.8 Å². The Kier molecular flexibility index (Phi) is 6.88. The van der Waals surface area contributed by atoms with Crippen LogP contribution in [0.2, 0.25) is 0 Å². The summed E-state index contributed by atoms with van der Waals surface area (Å²) < 4.78 is 17.3. The third-order valence-corrected chi connectivity index (χ3v) is 10.0. The molecule has 8 atom stereocenters. The number of ketones is 1. The zero-order valence-electron chi connectivity index (χ0n) is 24.2. The molecule has 0 saturated heterocycles. The lowest BCUT2D eigenvalue weighted by molar-refractivity contribution is -0.226. The number of aliphatic hydroxyl groups is 3. The number of rotatable bonds is 6. The Hall–Kier alpha value is -3.27. The number of Topliss-reactive ketones (excluding diaryl/α,β-unsaturated/α-hetero) is 1. The maximum absolute atomic E-state index is 13.3. The summed E-state index contributed by atoms with van der Waals surface area (Å²) in [7, 11) is 1.56. The first-order valence-electron chi connectivity index (χ1n) is 13.9. The molecule has 41 heavy (non-hydrogen) atoms. The van der Waals surface area contributed by atoms with Crippen molar-refractivity contribution < 1.29 is 43.9 Å². The van der Waals surface area contributed by atoms with E-state index in [1.807, 2.05) is 13.8 Å². The molecule has 220 valence electrons. The van der Waals surface area contributed by atoms with Gasteiger partial charge in [0.05, 0.1) is 19.3 Å². The first-order chi connectivity index (χ1) is 19.2. The summed E-state index contributed by atoms with van der Waals surface area (Å²) in [5.74, 6) is -4.26. The van der Waals surface area contributed by atoms with E-state index < -0.39 is 76.3 Å². The third kappa shape index (κ3) is 4.04. The van der Waals surface area contributed by atoms with Gasteiger partial charge in [0.2, 0.25) is 0 Å². The average Bonchev–Trinajstić information content (AvgIpc) is 3.35. The van der Waals surface area contributed by atoms with Crippen molar-refractivity contribution in [1.82, 2.24) is 0 Å². The van der Waals surface area contributed by atoms with Gasteiger partial charge in [0.15, 0.2) is 11.4 Å². The maximum Gasteiger partial charge on any atom is 0.331 e. The Morgan fingerprint density at radius 3 is 2.37 bits per heavy atom. The second kappa shape index (κ2) is 9.64. The molecule has 2 fully saturated rings. The largest absolute Gasteiger partial charge is 0.497 e. The van der Waals surface area contributed by atoms with Crippen molar-refractivity contribution in [3.05, 3.63) is 59.2 Å². The van der Waals surface area contributed by atoms with Gasteiger partial charge in [-0.1, -0.05) is 45.1 Å². The van der Waals surface area contributed by atoms with Crippen LogP contribution in [0, 0.1) is 29.1 Å². The van der Waals surface area contributed by atoms with E-state index in [4.69, 9.17) is 14.2 Å². The summed E-state index contributed by atoms with van der Waals surface area (Å²) in [4.78, 5) is 39.0. The Balaban J connectivity index is 1.59. The van der Waals surface area contributed by atoms with Crippen molar-refractivity contribution >= 4 is 23.8 Å². The van der Waals surface area contributed by atoms with Crippen LogP contribution in [0.15, 0.2) is 53.6 Å². The summed E-state index contributed by atoms with van der Waals surface area (Å²) in [6, 6.07) is 7.08. The summed E-state index contributed by atoms with van der Waals surface area (Å²) in [6.45, 7) is 7.93. The van der Waals surface area contributed by atoms with Crippen LogP contribution in [0.5, 0.6) is 5.75 Å². The van der Waals surface area contributed by atoms with E-state index >= 15 is 0 Å². The number of methoxy groups -OCH3 is 1. The van der Waals surface area contributed by atoms with Gasteiger partial charge in [0.1, 0.15) is 17.5 Å². The van der Waals surface area contributed by atoms with Gasteiger partial charge in [0, 0.05) is 48.5 Å². The molecular formula is C32H38O9. The lowest BCUT2D eigenvalue weighted by Crippen LogP contribution is -2.66. The monoisotopic (exact) mass is 566 g/mol. The molecule has 0 aliphatic heterocycles. The molecule has 1 aromatic rings. The van der Waals surface area contributed by atoms with E-state index in [-0.39, 0.29) is 6.42 Å². The van der Waals surface area contributed by atoms with Gasteiger partial charge in [-0.15, -0.1) is 0 Å². The molecule has 9 nitrogen and oxygen atoms in total. The predicted octanol–water partition coefficient (Wildman–Crippen LogP) is 2.77. The van der Waals surface area contributed by atoms with E-state index in [1.165, 1.54) is 13.0 Å². The minimum absolute atomic E-state index is 0.144. The number of esters is 2. The number of carbonyl (C=O) groups is 3. The highest BCUT2D eigenvalue weighted by Crippen LogP contribution is 2.77. The zero-order valence-corrected chi connectivity index (χ0v) is 24.2. The summed E-state index contributed by atoms with van der Waals surface area (Å²) in [6.07, 6.45) is 4.93. The summed E-state index contributed by atoms with van der Waals surface area (Å²) in [5.41, 5.74) is -4.31. The molecule has 1 aromatic carbocycles. The predicted molar refractivity (Wildman–Crippen MR) is 148 cm³/mol. The van der Waals surface area contributed by atoms with Crippen molar-refractivity contribution in [1.29, 1.82) is 0 Å². The van der Waals surface area contributed by atoms with Crippen molar-refractivity contribution in [3.63, 3.8) is 0 Å². The molecule has 0 aromatic heterocycles. The number of hydrogen-bond donors (Lipinski definition) is 3. The SMILES string of the molecule is COc1ccc(/C=C/C(=O)O[C@@H]2[C@@H](C)[C@@]3(O)[C@@H](C=C(CO)C[C@]4(O)C(=O)C(C)=C[C@@H]34)[C@@H]3C(C)(C)[C@]23OC(C)=O)cc1. The maximum atomic E-state index is 13.3. The Morgan fingerprint density at radius 2 is 1.78 bits per heavy atom. The fourth-order valence-corrected chi connectivity index (χ4v) is 8.11.